The van der Waals surface area contributed by atoms with Gasteiger partial charge in [0.2, 0.25) is 0 Å². The summed E-state index contributed by atoms with van der Waals surface area (Å²) in [7, 11) is 0. The van der Waals surface area contributed by atoms with Crippen molar-refractivity contribution in [3.8, 4) is 11.5 Å². The molecule has 2 N–H and O–H groups in total. The summed E-state index contributed by atoms with van der Waals surface area (Å²) in [6, 6.07) is 11.1. The summed E-state index contributed by atoms with van der Waals surface area (Å²) in [5.74, 6) is 0.550. The lowest BCUT2D eigenvalue weighted by molar-refractivity contribution is 0.435. The van der Waals surface area contributed by atoms with Crippen molar-refractivity contribution in [2.75, 3.05) is 18.0 Å². The average molecular weight is 296 g/mol. The first-order valence-corrected chi connectivity index (χ1v) is 7.44. The molecule has 0 aliphatic carbocycles. The number of nitrogens with two attached hydrogens (primary N) is 1. The molecule has 2 aromatic carbocycles. The summed E-state index contributed by atoms with van der Waals surface area (Å²) in [6.07, 6.45) is 0.988. The number of anilines is 1. The van der Waals surface area contributed by atoms with Crippen molar-refractivity contribution >= 4 is 11.3 Å². The minimum atomic E-state index is -0.363. The molecule has 4 heteroatoms. The van der Waals surface area contributed by atoms with E-state index in [-0.39, 0.29) is 17.6 Å². The van der Waals surface area contributed by atoms with Gasteiger partial charge in [-0.2, -0.15) is 0 Å². The number of nitrogens with zero attached hydrogens (tertiary/aromatic N) is 1. The van der Waals surface area contributed by atoms with Crippen LogP contribution in [-0.2, 0) is 0 Å². The molecule has 4 rings (SSSR count). The van der Waals surface area contributed by atoms with Gasteiger partial charge in [-0.1, -0.05) is 18.7 Å². The molecule has 0 radical (unpaired) electrons. The monoisotopic (exact) mass is 296 g/mol. The third kappa shape index (κ3) is 1.99. The zero-order valence-corrected chi connectivity index (χ0v) is 12.2. The number of halogens is 1. The third-order valence-electron chi connectivity index (χ3n) is 4.38. The van der Waals surface area contributed by atoms with Crippen LogP contribution < -0.4 is 15.4 Å². The fourth-order valence-corrected chi connectivity index (χ4v) is 3.17. The number of fused-ring (bicyclic) bond motifs is 2. The quantitative estimate of drug-likeness (QED) is 0.746. The Morgan fingerprint density at radius 2 is 2.09 bits per heavy atom. The van der Waals surface area contributed by atoms with E-state index in [0.717, 1.165) is 36.3 Å². The molecule has 3 nitrogen and oxygen atoms in total. The average Bonchev–Trinajstić information content (AvgIpc) is 2.95. The van der Waals surface area contributed by atoms with Crippen LogP contribution in [0.1, 0.15) is 17.5 Å². The molecule has 1 saturated heterocycles. The lowest BCUT2D eigenvalue weighted by Gasteiger charge is -2.25. The first-order chi connectivity index (χ1) is 10.6. The molecule has 0 aromatic heterocycles. The van der Waals surface area contributed by atoms with Crippen LogP contribution in [0.15, 0.2) is 43.0 Å². The van der Waals surface area contributed by atoms with E-state index in [0.29, 0.717) is 11.3 Å². The Morgan fingerprint density at radius 3 is 2.86 bits per heavy atom. The van der Waals surface area contributed by atoms with Gasteiger partial charge in [0.25, 0.3) is 0 Å². The minimum Gasteiger partial charge on any atom is -0.453 e. The van der Waals surface area contributed by atoms with E-state index in [9.17, 15) is 4.39 Å². The maximum absolute atomic E-state index is 14.0. The fourth-order valence-electron chi connectivity index (χ4n) is 3.17. The van der Waals surface area contributed by atoms with Crippen molar-refractivity contribution < 1.29 is 9.13 Å². The van der Waals surface area contributed by atoms with Crippen LogP contribution >= 0.6 is 0 Å². The van der Waals surface area contributed by atoms with Crippen molar-refractivity contribution in [1.29, 1.82) is 0 Å². The van der Waals surface area contributed by atoms with Crippen molar-refractivity contribution in [3.05, 3.63) is 59.9 Å². The highest BCUT2D eigenvalue weighted by molar-refractivity contribution is 5.87. The third-order valence-corrected chi connectivity index (χ3v) is 4.38. The molecule has 1 unspecified atom stereocenters. The van der Waals surface area contributed by atoms with Crippen molar-refractivity contribution in [2.45, 2.75) is 12.5 Å². The number of hydrogen-bond donors (Lipinski definition) is 1. The summed E-state index contributed by atoms with van der Waals surface area (Å²) in [4.78, 5) is 2.23. The summed E-state index contributed by atoms with van der Waals surface area (Å²) in [6.45, 7) is 5.87. The Balaban J connectivity index is 1.75. The first kappa shape index (κ1) is 13.3. The van der Waals surface area contributed by atoms with Gasteiger partial charge in [-0.15, -0.1) is 0 Å². The van der Waals surface area contributed by atoms with Gasteiger partial charge in [-0.25, -0.2) is 4.39 Å². The van der Waals surface area contributed by atoms with Gasteiger partial charge in [-0.05, 0) is 30.2 Å². The van der Waals surface area contributed by atoms with Gasteiger partial charge in [0.05, 0.1) is 0 Å². The smallest absolute Gasteiger partial charge is 0.170 e. The topological polar surface area (TPSA) is 38.5 Å². The summed E-state index contributed by atoms with van der Waals surface area (Å²) >= 11 is 0. The SMILES string of the molecule is C=C1c2ccc(N3CCC(N)C3)cc2Oc2c(F)cccc21. The van der Waals surface area contributed by atoms with Gasteiger partial charge in [0.1, 0.15) is 5.75 Å². The second-order valence-electron chi connectivity index (χ2n) is 5.87. The highest BCUT2D eigenvalue weighted by Crippen LogP contribution is 2.45. The lowest BCUT2D eigenvalue weighted by atomic mass is 9.95. The molecule has 1 atom stereocenters. The van der Waals surface area contributed by atoms with Crippen LogP contribution in [0.25, 0.3) is 5.57 Å². The predicted octanol–water partition coefficient (Wildman–Crippen LogP) is 3.53. The molecule has 2 aliphatic heterocycles. The van der Waals surface area contributed by atoms with Crippen LogP contribution in [0.4, 0.5) is 10.1 Å². The Bertz CT molecular complexity index is 772. The van der Waals surface area contributed by atoms with Crippen LogP contribution in [-0.4, -0.2) is 19.1 Å². The Kier molecular flexibility index (Phi) is 2.94. The van der Waals surface area contributed by atoms with Crippen molar-refractivity contribution in [2.24, 2.45) is 5.73 Å². The normalized spacial score (nSPS) is 19.6. The largest absolute Gasteiger partial charge is 0.453 e. The van der Waals surface area contributed by atoms with Gasteiger partial charge in [0, 0.05) is 42.0 Å². The van der Waals surface area contributed by atoms with Crippen LogP contribution in [0, 0.1) is 5.82 Å². The number of rotatable bonds is 1. The summed E-state index contributed by atoms with van der Waals surface area (Å²) < 4.78 is 19.8. The molecule has 0 amide bonds. The second-order valence-corrected chi connectivity index (χ2v) is 5.87. The van der Waals surface area contributed by atoms with Crippen LogP contribution in [0.5, 0.6) is 11.5 Å². The van der Waals surface area contributed by atoms with Crippen LogP contribution in [0.3, 0.4) is 0 Å². The van der Waals surface area contributed by atoms with Crippen molar-refractivity contribution in [1.82, 2.24) is 0 Å². The van der Waals surface area contributed by atoms with Gasteiger partial charge >= 0.3 is 0 Å². The highest BCUT2D eigenvalue weighted by Gasteiger charge is 2.25. The minimum absolute atomic E-state index is 0.213. The number of benzene rings is 2. The Hall–Kier alpha value is -2.33. The van der Waals surface area contributed by atoms with E-state index in [4.69, 9.17) is 10.5 Å². The second kappa shape index (κ2) is 4.85. The van der Waals surface area contributed by atoms with E-state index in [1.807, 2.05) is 18.2 Å². The number of ether oxygens (including phenoxy) is 1. The number of para-hydroxylation sites is 1. The molecular weight excluding hydrogens is 279 g/mol. The molecular formula is C18H17FN2O. The first-order valence-electron chi connectivity index (χ1n) is 7.44. The summed E-state index contributed by atoms with van der Waals surface area (Å²) in [5, 5.41) is 0. The molecule has 0 bridgehead atoms. The maximum atomic E-state index is 14.0. The van der Waals surface area contributed by atoms with E-state index >= 15 is 0 Å². The zero-order valence-electron chi connectivity index (χ0n) is 12.2. The molecule has 112 valence electrons. The standard InChI is InChI=1S/C18H17FN2O/c1-11-14-6-5-13(21-8-7-12(20)10-21)9-17(14)22-18-15(11)3-2-4-16(18)19/h2-6,9,12H,1,7-8,10,20H2. The van der Waals surface area contributed by atoms with Gasteiger partial charge in [0.15, 0.2) is 11.6 Å². The highest BCUT2D eigenvalue weighted by atomic mass is 19.1. The van der Waals surface area contributed by atoms with Crippen molar-refractivity contribution in [3.63, 3.8) is 0 Å². The fraction of sp³-hybridized carbons (Fsp3) is 0.222. The molecule has 0 spiro atoms. The molecule has 2 heterocycles. The summed E-state index contributed by atoms with van der Waals surface area (Å²) in [5.41, 5.74) is 9.43. The lowest BCUT2D eigenvalue weighted by Crippen LogP contribution is -2.26. The Morgan fingerprint density at radius 1 is 1.23 bits per heavy atom. The zero-order chi connectivity index (χ0) is 15.3. The van der Waals surface area contributed by atoms with Gasteiger partial charge < -0.3 is 15.4 Å². The van der Waals surface area contributed by atoms with E-state index in [2.05, 4.69) is 17.5 Å². The molecule has 1 fully saturated rings. The predicted molar refractivity (Wildman–Crippen MR) is 85.9 cm³/mol. The van der Waals surface area contributed by atoms with E-state index in [1.54, 1.807) is 6.07 Å². The van der Waals surface area contributed by atoms with Crippen LogP contribution in [0.2, 0.25) is 0 Å². The molecule has 22 heavy (non-hydrogen) atoms. The van der Waals surface area contributed by atoms with Gasteiger partial charge in [-0.3, -0.25) is 0 Å². The number of hydrogen-bond acceptors (Lipinski definition) is 3. The molecule has 2 aromatic rings. The van der Waals surface area contributed by atoms with E-state index < -0.39 is 0 Å². The molecule has 0 saturated carbocycles. The van der Waals surface area contributed by atoms with E-state index in [1.165, 1.54) is 6.07 Å². The molecule has 2 aliphatic rings. The maximum Gasteiger partial charge on any atom is 0.170 e. The Labute approximate surface area is 128 Å².